The lowest BCUT2D eigenvalue weighted by Gasteiger charge is -2.15. The summed E-state index contributed by atoms with van der Waals surface area (Å²) in [4.78, 5) is 0. The van der Waals surface area contributed by atoms with Gasteiger partial charge in [-0.1, -0.05) is 54.0 Å². The van der Waals surface area contributed by atoms with Crippen molar-refractivity contribution in [3.05, 3.63) is 11.8 Å². The van der Waals surface area contributed by atoms with Crippen LogP contribution in [0.5, 0.6) is 0 Å². The Labute approximate surface area is 93.3 Å². The molecule has 0 spiro atoms. The van der Waals surface area contributed by atoms with E-state index in [1.807, 2.05) is 33.8 Å². The van der Waals surface area contributed by atoms with Crippen LogP contribution in [0.25, 0.3) is 0 Å². The molecule has 0 aromatic carbocycles. The van der Waals surface area contributed by atoms with Crippen LogP contribution in [0.1, 0.15) is 69.7 Å². The molecule has 14 heavy (non-hydrogen) atoms. The smallest absolute Gasteiger partial charge is 0.000552 e. The fraction of sp³-hybridized carbons (Fsp3) is 0.846. The minimum absolute atomic E-state index is 0. The van der Waals surface area contributed by atoms with Gasteiger partial charge in [0.2, 0.25) is 0 Å². The lowest BCUT2D eigenvalue weighted by atomic mass is 9.91. The molecule has 0 aliphatic rings. The molecule has 0 amide bonds. The molecule has 1 nitrogen and oxygen atoms in total. The molecule has 2 N–H and O–H groups in total. The van der Waals surface area contributed by atoms with E-state index < -0.39 is 0 Å². The van der Waals surface area contributed by atoms with Gasteiger partial charge in [-0.15, -0.1) is 0 Å². The van der Waals surface area contributed by atoms with E-state index in [0.29, 0.717) is 5.41 Å². The van der Waals surface area contributed by atoms with Crippen LogP contribution < -0.4 is 5.73 Å². The van der Waals surface area contributed by atoms with Crippen molar-refractivity contribution in [3.8, 4) is 0 Å². The molecule has 0 radical (unpaired) electrons. The summed E-state index contributed by atoms with van der Waals surface area (Å²) in [6, 6.07) is 0. The van der Waals surface area contributed by atoms with E-state index >= 15 is 0 Å². The number of nitrogens with two attached hydrogens (primary N) is 1. The van der Waals surface area contributed by atoms with Gasteiger partial charge in [0.1, 0.15) is 0 Å². The van der Waals surface area contributed by atoms with E-state index in [9.17, 15) is 0 Å². The summed E-state index contributed by atoms with van der Waals surface area (Å²) in [6.45, 7) is 16.8. The summed E-state index contributed by atoms with van der Waals surface area (Å²) in [5.74, 6) is 0. The Kier molecular flexibility index (Phi) is 17.2. The first kappa shape index (κ1) is 19.2. The van der Waals surface area contributed by atoms with Crippen LogP contribution in [-0.4, -0.2) is 0 Å². The van der Waals surface area contributed by atoms with Crippen molar-refractivity contribution < 1.29 is 1.43 Å². The summed E-state index contributed by atoms with van der Waals surface area (Å²) < 4.78 is 0. The third-order valence-corrected chi connectivity index (χ3v) is 1.46. The second-order valence-electron chi connectivity index (χ2n) is 4.34. The van der Waals surface area contributed by atoms with Gasteiger partial charge in [-0.25, -0.2) is 0 Å². The van der Waals surface area contributed by atoms with Crippen LogP contribution >= 0.6 is 0 Å². The van der Waals surface area contributed by atoms with Gasteiger partial charge in [0.25, 0.3) is 0 Å². The van der Waals surface area contributed by atoms with E-state index in [4.69, 9.17) is 5.73 Å². The van der Waals surface area contributed by atoms with Crippen LogP contribution in [-0.2, 0) is 0 Å². The van der Waals surface area contributed by atoms with Gasteiger partial charge >= 0.3 is 0 Å². The van der Waals surface area contributed by atoms with Crippen LogP contribution in [0.3, 0.4) is 0 Å². The van der Waals surface area contributed by atoms with Gasteiger partial charge in [-0.05, 0) is 25.7 Å². The Hall–Kier alpha value is -0.460. The fourth-order valence-corrected chi connectivity index (χ4v) is 0.750. The maximum Gasteiger partial charge on any atom is 0.000552 e. The number of rotatable bonds is 1. The van der Waals surface area contributed by atoms with Crippen molar-refractivity contribution in [2.24, 2.45) is 11.1 Å². The Morgan fingerprint density at radius 1 is 1.29 bits per heavy atom. The van der Waals surface area contributed by atoms with Crippen molar-refractivity contribution in [1.82, 2.24) is 0 Å². The topological polar surface area (TPSA) is 26.0 Å². The normalized spacial score (nSPS) is 10.7. The Morgan fingerprint density at radius 2 is 1.57 bits per heavy atom. The molecule has 0 aliphatic carbocycles. The highest BCUT2D eigenvalue weighted by molar-refractivity contribution is 4.86. The predicted molar refractivity (Wildman–Crippen MR) is 71.4 cm³/mol. The van der Waals surface area contributed by atoms with E-state index in [0.717, 1.165) is 5.70 Å². The van der Waals surface area contributed by atoms with Crippen molar-refractivity contribution in [2.75, 3.05) is 0 Å². The lowest BCUT2D eigenvalue weighted by molar-refractivity contribution is 0.373. The van der Waals surface area contributed by atoms with Gasteiger partial charge in [-0.2, -0.15) is 0 Å². The molecule has 0 heterocycles. The molecular formula is C13H33N. The molecule has 0 saturated heterocycles. The highest BCUT2D eigenvalue weighted by atomic mass is 14.5. The molecule has 0 bridgehead atoms. The van der Waals surface area contributed by atoms with E-state index in [1.54, 1.807) is 0 Å². The standard InChI is InChI=1S/C7H16.C4H9N.C2H6.H2/c1-5-6-7(2,3)4;1-3-4(2)5;1-2;/h5-6H2,1-4H3;3H,5H2,1-2H3;1-2H3;1H/b;4-3+;;. The maximum atomic E-state index is 5.15. The minimum atomic E-state index is 0. The van der Waals surface area contributed by atoms with Gasteiger partial charge in [0, 0.05) is 7.12 Å². The summed E-state index contributed by atoms with van der Waals surface area (Å²) >= 11 is 0. The van der Waals surface area contributed by atoms with Crippen molar-refractivity contribution >= 4 is 0 Å². The second-order valence-corrected chi connectivity index (χ2v) is 4.34. The Bertz CT molecular complexity index is 119. The predicted octanol–water partition coefficient (Wildman–Crippen LogP) is 4.97. The van der Waals surface area contributed by atoms with E-state index in [1.165, 1.54) is 12.8 Å². The molecule has 0 unspecified atom stereocenters. The zero-order valence-corrected chi connectivity index (χ0v) is 11.6. The molecule has 90 valence electrons. The fourth-order valence-electron chi connectivity index (χ4n) is 0.750. The van der Waals surface area contributed by atoms with Crippen molar-refractivity contribution in [1.29, 1.82) is 0 Å². The first-order valence-electron chi connectivity index (χ1n) is 5.72. The average Bonchev–Trinajstić information content (AvgIpc) is 2.07. The molecular weight excluding hydrogens is 170 g/mol. The number of allylic oxidation sites excluding steroid dienone is 2. The third-order valence-electron chi connectivity index (χ3n) is 1.46. The lowest BCUT2D eigenvalue weighted by Crippen LogP contribution is -2.02. The van der Waals surface area contributed by atoms with Gasteiger partial charge in [0.15, 0.2) is 0 Å². The first-order chi connectivity index (χ1) is 6.33. The molecule has 1 heteroatoms. The van der Waals surface area contributed by atoms with E-state index in [-0.39, 0.29) is 1.43 Å². The van der Waals surface area contributed by atoms with Gasteiger partial charge < -0.3 is 5.73 Å². The number of hydrogen-bond donors (Lipinski definition) is 1. The zero-order chi connectivity index (χ0) is 12.2. The largest absolute Gasteiger partial charge is 0.403 e. The molecule has 0 aromatic rings. The quantitative estimate of drug-likeness (QED) is 0.639. The average molecular weight is 203 g/mol. The zero-order valence-electron chi connectivity index (χ0n) is 11.6. The summed E-state index contributed by atoms with van der Waals surface area (Å²) in [6.07, 6.45) is 4.51. The Balaban J connectivity index is -0.0000000675. The monoisotopic (exact) mass is 203 g/mol. The maximum absolute atomic E-state index is 5.15. The highest BCUT2D eigenvalue weighted by Crippen LogP contribution is 2.19. The third kappa shape index (κ3) is 41.8. The van der Waals surface area contributed by atoms with Crippen LogP contribution in [0.15, 0.2) is 11.8 Å². The molecule has 0 aromatic heterocycles. The van der Waals surface area contributed by atoms with Crippen LogP contribution in [0, 0.1) is 5.41 Å². The first-order valence-corrected chi connectivity index (χ1v) is 5.72. The highest BCUT2D eigenvalue weighted by Gasteiger charge is 2.06. The van der Waals surface area contributed by atoms with Crippen molar-refractivity contribution in [2.45, 2.75) is 68.2 Å². The summed E-state index contributed by atoms with van der Waals surface area (Å²) in [7, 11) is 0. The molecule has 0 saturated carbocycles. The van der Waals surface area contributed by atoms with Gasteiger partial charge in [0.05, 0.1) is 0 Å². The molecule has 0 rings (SSSR count). The summed E-state index contributed by atoms with van der Waals surface area (Å²) in [5, 5.41) is 0. The van der Waals surface area contributed by atoms with E-state index in [2.05, 4.69) is 27.7 Å². The van der Waals surface area contributed by atoms with Crippen LogP contribution in [0.4, 0.5) is 0 Å². The minimum Gasteiger partial charge on any atom is -0.403 e. The molecule has 0 fully saturated rings. The summed E-state index contributed by atoms with van der Waals surface area (Å²) in [5.41, 5.74) is 6.58. The SMILES string of the molecule is C/C=C(\C)N.CC.CCCC(C)(C)C.[HH]. The number of hydrogen-bond acceptors (Lipinski definition) is 1. The Morgan fingerprint density at radius 3 is 1.57 bits per heavy atom. The van der Waals surface area contributed by atoms with Crippen molar-refractivity contribution in [3.63, 3.8) is 0 Å². The van der Waals surface area contributed by atoms with Gasteiger partial charge in [-0.3, -0.25) is 0 Å². The second kappa shape index (κ2) is 12.5. The molecule has 0 aliphatic heterocycles. The molecule has 0 atom stereocenters. The van der Waals surface area contributed by atoms with Crippen LogP contribution in [0.2, 0.25) is 0 Å².